The van der Waals surface area contributed by atoms with Gasteiger partial charge in [-0.3, -0.25) is 4.79 Å². The minimum atomic E-state index is -0.511. The Balaban J connectivity index is 2.23. The number of halogens is 1. The lowest BCUT2D eigenvalue weighted by Crippen LogP contribution is -2.13. The minimum Gasteiger partial charge on any atom is -0.490 e. The maximum Gasteiger partial charge on any atom is 0.266 e. The van der Waals surface area contributed by atoms with Crippen molar-refractivity contribution in [2.75, 3.05) is 18.5 Å². The van der Waals surface area contributed by atoms with Crippen LogP contribution in [0.3, 0.4) is 0 Å². The molecule has 5 nitrogen and oxygen atoms in total. The lowest BCUT2D eigenvalue weighted by molar-refractivity contribution is -0.112. The number of nitrogens with one attached hydrogen (secondary N) is 1. The summed E-state index contributed by atoms with van der Waals surface area (Å²) in [4.78, 5) is 12.4. The first-order valence-corrected chi connectivity index (χ1v) is 9.39. The van der Waals surface area contributed by atoms with Crippen LogP contribution in [0.5, 0.6) is 11.5 Å². The topological polar surface area (TPSA) is 71.3 Å². The van der Waals surface area contributed by atoms with Gasteiger partial charge >= 0.3 is 0 Å². The molecule has 1 N–H and O–H groups in total. The molecule has 0 aliphatic heterocycles. The number of rotatable bonds is 8. The SMILES string of the molecule is CCOc1cc(/C=C(\C#N)C(=O)Nc2cccc(Cl)c2)ccc1OCC(C)C. The Morgan fingerprint density at radius 1 is 1.21 bits per heavy atom. The molecule has 0 radical (unpaired) electrons. The standard InChI is InChI=1S/C22H23ClN2O3/c1-4-27-21-11-16(8-9-20(21)28-14-15(2)3)10-17(13-24)22(26)25-19-7-5-6-18(23)12-19/h5-12,15H,4,14H2,1-3H3,(H,25,26)/b17-10+. The van der Waals surface area contributed by atoms with E-state index in [9.17, 15) is 10.1 Å². The Bertz CT molecular complexity index is 901. The highest BCUT2D eigenvalue weighted by molar-refractivity contribution is 6.31. The maximum absolute atomic E-state index is 12.4. The second-order valence-corrected chi connectivity index (χ2v) is 6.91. The summed E-state index contributed by atoms with van der Waals surface area (Å²) >= 11 is 5.92. The number of carbonyl (C=O) groups is 1. The summed E-state index contributed by atoms with van der Waals surface area (Å²) in [5, 5.41) is 12.6. The molecule has 28 heavy (non-hydrogen) atoms. The molecule has 0 bridgehead atoms. The van der Waals surface area contributed by atoms with Crippen LogP contribution in [0.1, 0.15) is 26.3 Å². The summed E-state index contributed by atoms with van der Waals surface area (Å²) in [5.41, 5.74) is 1.16. The van der Waals surface area contributed by atoms with Gasteiger partial charge in [0.05, 0.1) is 13.2 Å². The largest absolute Gasteiger partial charge is 0.490 e. The van der Waals surface area contributed by atoms with Gasteiger partial charge in [-0.1, -0.05) is 37.6 Å². The molecule has 1 amide bonds. The predicted octanol–water partition coefficient (Wildman–Crippen LogP) is 5.32. The highest BCUT2D eigenvalue weighted by Gasteiger charge is 2.12. The van der Waals surface area contributed by atoms with Gasteiger partial charge in [0.1, 0.15) is 11.6 Å². The molecule has 0 atom stereocenters. The zero-order chi connectivity index (χ0) is 20.5. The van der Waals surface area contributed by atoms with E-state index in [4.69, 9.17) is 21.1 Å². The average Bonchev–Trinajstić information content (AvgIpc) is 2.65. The van der Waals surface area contributed by atoms with Gasteiger partial charge in [-0.2, -0.15) is 5.26 Å². The molecule has 0 saturated heterocycles. The number of amides is 1. The third kappa shape index (κ3) is 6.33. The molecule has 0 spiro atoms. The Hall–Kier alpha value is -2.97. The van der Waals surface area contributed by atoms with E-state index in [0.717, 1.165) is 0 Å². The van der Waals surface area contributed by atoms with Gasteiger partial charge in [-0.25, -0.2) is 0 Å². The fourth-order valence-electron chi connectivity index (χ4n) is 2.34. The number of hydrogen-bond acceptors (Lipinski definition) is 4. The Labute approximate surface area is 170 Å². The van der Waals surface area contributed by atoms with E-state index in [2.05, 4.69) is 19.2 Å². The second-order valence-electron chi connectivity index (χ2n) is 6.48. The Morgan fingerprint density at radius 2 is 2.00 bits per heavy atom. The van der Waals surface area contributed by atoms with Crippen molar-refractivity contribution in [2.45, 2.75) is 20.8 Å². The fourth-order valence-corrected chi connectivity index (χ4v) is 2.53. The number of nitriles is 1. The molecule has 0 aliphatic rings. The first-order valence-electron chi connectivity index (χ1n) is 9.01. The molecule has 0 unspecified atom stereocenters. The Morgan fingerprint density at radius 3 is 2.64 bits per heavy atom. The second kappa shape index (κ2) is 10.4. The summed E-state index contributed by atoms with van der Waals surface area (Å²) in [7, 11) is 0. The molecule has 0 saturated carbocycles. The first kappa shape index (κ1) is 21.3. The van der Waals surface area contributed by atoms with Crippen molar-refractivity contribution in [3.63, 3.8) is 0 Å². The first-order chi connectivity index (χ1) is 13.4. The zero-order valence-electron chi connectivity index (χ0n) is 16.2. The van der Waals surface area contributed by atoms with Crippen molar-refractivity contribution in [3.05, 3.63) is 58.6 Å². The van der Waals surface area contributed by atoms with E-state index in [0.29, 0.717) is 46.9 Å². The lowest BCUT2D eigenvalue weighted by Gasteiger charge is -2.14. The van der Waals surface area contributed by atoms with Gasteiger partial charge in [0.2, 0.25) is 0 Å². The smallest absolute Gasteiger partial charge is 0.266 e. The highest BCUT2D eigenvalue weighted by Crippen LogP contribution is 2.30. The highest BCUT2D eigenvalue weighted by atomic mass is 35.5. The van der Waals surface area contributed by atoms with Crippen molar-refractivity contribution in [1.82, 2.24) is 0 Å². The van der Waals surface area contributed by atoms with Crippen molar-refractivity contribution >= 4 is 29.3 Å². The zero-order valence-corrected chi connectivity index (χ0v) is 16.9. The van der Waals surface area contributed by atoms with Gasteiger partial charge in [0.25, 0.3) is 5.91 Å². The van der Waals surface area contributed by atoms with E-state index < -0.39 is 5.91 Å². The quantitative estimate of drug-likeness (QED) is 0.482. The van der Waals surface area contributed by atoms with Crippen LogP contribution in [0, 0.1) is 17.2 Å². The molecule has 0 aromatic heterocycles. The number of hydrogen-bond donors (Lipinski definition) is 1. The molecule has 0 heterocycles. The molecular formula is C22H23ClN2O3. The van der Waals surface area contributed by atoms with Gasteiger partial charge in [0, 0.05) is 10.7 Å². The van der Waals surface area contributed by atoms with E-state index in [-0.39, 0.29) is 5.57 Å². The molecule has 0 fully saturated rings. The van der Waals surface area contributed by atoms with Gasteiger partial charge in [-0.05, 0) is 54.8 Å². The third-order valence-electron chi connectivity index (χ3n) is 3.60. The van der Waals surface area contributed by atoms with E-state index in [1.165, 1.54) is 6.08 Å². The molecule has 2 rings (SSSR count). The van der Waals surface area contributed by atoms with Crippen LogP contribution >= 0.6 is 11.6 Å². The van der Waals surface area contributed by atoms with E-state index >= 15 is 0 Å². The monoisotopic (exact) mass is 398 g/mol. The van der Waals surface area contributed by atoms with Crippen LogP contribution < -0.4 is 14.8 Å². The fraction of sp³-hybridized carbons (Fsp3) is 0.273. The van der Waals surface area contributed by atoms with Crippen molar-refractivity contribution in [2.24, 2.45) is 5.92 Å². The minimum absolute atomic E-state index is 0.0294. The Kier molecular flexibility index (Phi) is 7.91. The number of benzene rings is 2. The van der Waals surface area contributed by atoms with Crippen molar-refractivity contribution in [3.8, 4) is 17.6 Å². The molecular weight excluding hydrogens is 376 g/mol. The molecule has 0 aliphatic carbocycles. The molecule has 6 heteroatoms. The summed E-state index contributed by atoms with van der Waals surface area (Å²) in [6.07, 6.45) is 1.51. The number of nitrogens with zero attached hydrogens (tertiary/aromatic N) is 1. The summed E-state index contributed by atoms with van der Waals surface area (Å²) in [6, 6.07) is 14.0. The number of anilines is 1. The molecule has 2 aromatic rings. The van der Waals surface area contributed by atoms with Gasteiger partial charge < -0.3 is 14.8 Å². The van der Waals surface area contributed by atoms with Crippen LogP contribution in [0.2, 0.25) is 5.02 Å². The van der Waals surface area contributed by atoms with Crippen LogP contribution in [0.25, 0.3) is 6.08 Å². The van der Waals surface area contributed by atoms with E-state index in [1.54, 1.807) is 42.5 Å². The average molecular weight is 399 g/mol. The van der Waals surface area contributed by atoms with Crippen LogP contribution in [0.4, 0.5) is 5.69 Å². The van der Waals surface area contributed by atoms with Crippen LogP contribution in [-0.4, -0.2) is 19.1 Å². The summed E-state index contributed by atoms with van der Waals surface area (Å²) in [6.45, 7) is 7.06. The molecule has 2 aromatic carbocycles. The maximum atomic E-state index is 12.4. The van der Waals surface area contributed by atoms with E-state index in [1.807, 2.05) is 13.0 Å². The van der Waals surface area contributed by atoms with Crippen LogP contribution in [0.15, 0.2) is 48.0 Å². The predicted molar refractivity (Wildman–Crippen MR) is 112 cm³/mol. The summed E-state index contributed by atoms with van der Waals surface area (Å²) < 4.78 is 11.4. The van der Waals surface area contributed by atoms with Crippen LogP contribution in [-0.2, 0) is 4.79 Å². The van der Waals surface area contributed by atoms with Gasteiger partial charge in [-0.15, -0.1) is 0 Å². The number of ether oxygens (including phenoxy) is 2. The third-order valence-corrected chi connectivity index (χ3v) is 3.83. The van der Waals surface area contributed by atoms with Crippen molar-refractivity contribution in [1.29, 1.82) is 5.26 Å². The normalized spacial score (nSPS) is 11.1. The van der Waals surface area contributed by atoms with Gasteiger partial charge in [0.15, 0.2) is 11.5 Å². The molecule has 146 valence electrons. The summed E-state index contributed by atoms with van der Waals surface area (Å²) in [5.74, 6) is 1.08. The number of carbonyl (C=O) groups excluding carboxylic acids is 1. The lowest BCUT2D eigenvalue weighted by atomic mass is 10.1. The van der Waals surface area contributed by atoms with Crippen molar-refractivity contribution < 1.29 is 14.3 Å².